The number of rotatable bonds is 4. The molecule has 0 unspecified atom stereocenters. The third-order valence-electron chi connectivity index (χ3n) is 4.03. The highest BCUT2D eigenvalue weighted by atomic mass is 79.9. The second-order valence-electron chi connectivity index (χ2n) is 6.37. The number of amides is 2. The Morgan fingerprint density at radius 1 is 1.21 bits per heavy atom. The van der Waals surface area contributed by atoms with Crippen LogP contribution in [0.5, 0.6) is 0 Å². The molecule has 10 heteroatoms. The Bertz CT molecular complexity index is 1110. The molecular weight excluding hydrogens is 526 g/mol. The number of aromatic nitrogens is 3. The van der Waals surface area contributed by atoms with Gasteiger partial charge in [0.2, 0.25) is 0 Å². The largest absolute Gasteiger partial charge is 0.345 e. The highest BCUT2D eigenvalue weighted by molar-refractivity contribution is 9.10. The topological polar surface area (TPSA) is 80.1 Å². The van der Waals surface area contributed by atoms with E-state index in [0.29, 0.717) is 26.7 Å². The zero-order valence-electron chi connectivity index (χ0n) is 15.7. The fraction of sp³-hybridized carbons (Fsp3) is 0.158. The molecule has 0 saturated heterocycles. The lowest BCUT2D eigenvalue weighted by Crippen LogP contribution is -2.25. The number of carbonyl (C=O) groups excluding carboxylic acids is 2. The molecule has 1 aromatic carbocycles. The summed E-state index contributed by atoms with van der Waals surface area (Å²) < 4.78 is 2.54. The number of halogens is 3. The Kier molecular flexibility index (Phi) is 6.40. The molecule has 2 amide bonds. The van der Waals surface area contributed by atoms with E-state index in [2.05, 4.69) is 47.3 Å². The van der Waals surface area contributed by atoms with E-state index in [4.69, 9.17) is 11.6 Å². The van der Waals surface area contributed by atoms with Crippen LogP contribution in [0.2, 0.25) is 5.02 Å². The normalized spacial score (nSPS) is 10.7. The van der Waals surface area contributed by atoms with Crippen molar-refractivity contribution < 1.29 is 9.59 Å². The molecule has 7 nitrogen and oxygen atoms in total. The number of aryl methyl sites for hydroxylation is 1. The van der Waals surface area contributed by atoms with E-state index in [-0.39, 0.29) is 11.6 Å². The zero-order valence-corrected chi connectivity index (χ0v) is 19.6. The number of nitrogens with zero attached hydrogens (tertiary/aromatic N) is 4. The first-order valence-corrected chi connectivity index (χ1v) is 10.3. The highest BCUT2D eigenvalue weighted by Gasteiger charge is 2.22. The molecule has 0 atom stereocenters. The standard InChI is InChI=1S/C19H16Br2ClN5O2/c1-10-7-11(20)8-12(19(29)26(2)3)16(10)24-18(28)14-9-15(21)25-27(14)17-13(22)5-4-6-23-17/h4-9H,1-3H3,(H,24,28). The van der Waals surface area contributed by atoms with Crippen LogP contribution in [0.25, 0.3) is 5.82 Å². The van der Waals surface area contributed by atoms with Gasteiger partial charge in [-0.1, -0.05) is 27.5 Å². The molecule has 0 bridgehead atoms. The summed E-state index contributed by atoms with van der Waals surface area (Å²) in [4.78, 5) is 31.4. The average molecular weight is 542 g/mol. The van der Waals surface area contributed by atoms with Gasteiger partial charge in [-0.25, -0.2) is 9.67 Å². The Hall–Kier alpha value is -2.23. The zero-order chi connectivity index (χ0) is 21.3. The molecule has 150 valence electrons. The van der Waals surface area contributed by atoms with Crippen molar-refractivity contribution in [2.45, 2.75) is 6.92 Å². The quantitative estimate of drug-likeness (QED) is 0.519. The minimum atomic E-state index is -0.455. The van der Waals surface area contributed by atoms with Gasteiger partial charge in [-0.05, 0) is 52.7 Å². The lowest BCUT2D eigenvalue weighted by atomic mass is 10.1. The third-order valence-corrected chi connectivity index (χ3v) is 5.17. The van der Waals surface area contributed by atoms with Crippen molar-refractivity contribution in [3.63, 3.8) is 0 Å². The molecular formula is C19H16Br2ClN5O2. The molecule has 0 aliphatic carbocycles. The first kappa shape index (κ1) is 21.5. The van der Waals surface area contributed by atoms with Crippen LogP contribution in [0.4, 0.5) is 5.69 Å². The maximum atomic E-state index is 13.1. The maximum absolute atomic E-state index is 13.1. The first-order chi connectivity index (χ1) is 13.7. The lowest BCUT2D eigenvalue weighted by molar-refractivity contribution is 0.0828. The van der Waals surface area contributed by atoms with Crippen molar-refractivity contribution in [2.75, 3.05) is 19.4 Å². The number of benzene rings is 1. The van der Waals surface area contributed by atoms with Gasteiger partial charge in [0.25, 0.3) is 11.8 Å². The number of pyridine rings is 1. The molecule has 2 aromatic heterocycles. The summed E-state index contributed by atoms with van der Waals surface area (Å²) in [6, 6.07) is 8.41. The van der Waals surface area contributed by atoms with Crippen LogP contribution >= 0.6 is 43.5 Å². The van der Waals surface area contributed by atoms with Crippen molar-refractivity contribution in [1.82, 2.24) is 19.7 Å². The Morgan fingerprint density at radius 3 is 2.59 bits per heavy atom. The van der Waals surface area contributed by atoms with Crippen LogP contribution < -0.4 is 5.32 Å². The minimum Gasteiger partial charge on any atom is -0.345 e. The summed E-state index contributed by atoms with van der Waals surface area (Å²) in [7, 11) is 3.30. The van der Waals surface area contributed by atoms with Gasteiger partial charge in [-0.3, -0.25) is 9.59 Å². The van der Waals surface area contributed by atoms with E-state index < -0.39 is 5.91 Å². The Morgan fingerprint density at radius 2 is 1.93 bits per heavy atom. The van der Waals surface area contributed by atoms with Crippen LogP contribution in [0, 0.1) is 6.92 Å². The van der Waals surface area contributed by atoms with Crippen molar-refractivity contribution in [1.29, 1.82) is 0 Å². The second-order valence-corrected chi connectivity index (χ2v) is 8.51. The van der Waals surface area contributed by atoms with E-state index in [9.17, 15) is 9.59 Å². The number of hydrogen-bond acceptors (Lipinski definition) is 4. The molecule has 3 rings (SSSR count). The van der Waals surface area contributed by atoms with Crippen LogP contribution in [0.1, 0.15) is 26.4 Å². The molecule has 1 N–H and O–H groups in total. The van der Waals surface area contributed by atoms with E-state index in [1.54, 1.807) is 44.6 Å². The minimum absolute atomic E-state index is 0.211. The van der Waals surface area contributed by atoms with E-state index in [1.807, 2.05) is 13.0 Å². The fourth-order valence-electron chi connectivity index (χ4n) is 2.70. The summed E-state index contributed by atoms with van der Waals surface area (Å²) in [6.07, 6.45) is 1.56. The number of hydrogen-bond donors (Lipinski definition) is 1. The molecule has 0 spiro atoms. The third kappa shape index (κ3) is 4.52. The maximum Gasteiger partial charge on any atom is 0.274 e. The lowest BCUT2D eigenvalue weighted by Gasteiger charge is -2.17. The molecule has 0 saturated carbocycles. The molecule has 3 aromatic rings. The smallest absolute Gasteiger partial charge is 0.274 e. The van der Waals surface area contributed by atoms with Gasteiger partial charge in [0.15, 0.2) is 5.82 Å². The molecule has 0 fully saturated rings. The predicted molar refractivity (Wildman–Crippen MR) is 119 cm³/mol. The molecule has 0 aliphatic rings. The van der Waals surface area contributed by atoms with Crippen LogP contribution in [-0.4, -0.2) is 45.6 Å². The van der Waals surface area contributed by atoms with Gasteiger partial charge in [-0.2, -0.15) is 5.10 Å². The molecule has 0 radical (unpaired) electrons. The van der Waals surface area contributed by atoms with E-state index in [1.165, 1.54) is 9.58 Å². The van der Waals surface area contributed by atoms with E-state index >= 15 is 0 Å². The predicted octanol–water partition coefficient (Wildman–Crippen LogP) is 4.71. The van der Waals surface area contributed by atoms with Crippen molar-refractivity contribution >= 4 is 61.0 Å². The van der Waals surface area contributed by atoms with Gasteiger partial charge in [0, 0.05) is 30.8 Å². The SMILES string of the molecule is Cc1cc(Br)cc(C(=O)N(C)C)c1NC(=O)c1cc(Br)nn1-c1ncccc1Cl. The van der Waals surface area contributed by atoms with Gasteiger partial charge >= 0.3 is 0 Å². The van der Waals surface area contributed by atoms with Crippen LogP contribution in [-0.2, 0) is 0 Å². The molecule has 2 heterocycles. The highest BCUT2D eigenvalue weighted by Crippen LogP contribution is 2.28. The first-order valence-electron chi connectivity index (χ1n) is 8.38. The van der Waals surface area contributed by atoms with Crippen molar-refractivity contribution in [3.8, 4) is 5.82 Å². The molecule has 0 aliphatic heterocycles. The average Bonchev–Trinajstić information content (AvgIpc) is 3.05. The van der Waals surface area contributed by atoms with Gasteiger partial charge < -0.3 is 10.2 Å². The number of carbonyl (C=O) groups is 2. The second kappa shape index (κ2) is 8.64. The number of nitrogens with one attached hydrogen (secondary N) is 1. The monoisotopic (exact) mass is 539 g/mol. The molecule has 29 heavy (non-hydrogen) atoms. The van der Waals surface area contributed by atoms with Crippen molar-refractivity contribution in [3.05, 3.63) is 67.4 Å². The fourth-order valence-corrected chi connectivity index (χ4v) is 3.85. The van der Waals surface area contributed by atoms with Gasteiger partial charge in [0.05, 0.1) is 16.3 Å². The Balaban J connectivity index is 2.05. The van der Waals surface area contributed by atoms with Gasteiger partial charge in [-0.15, -0.1) is 0 Å². The Labute approximate surface area is 189 Å². The summed E-state index contributed by atoms with van der Waals surface area (Å²) in [5, 5.41) is 7.46. The van der Waals surface area contributed by atoms with Crippen LogP contribution in [0.15, 0.2) is 45.6 Å². The van der Waals surface area contributed by atoms with Gasteiger partial charge in [0.1, 0.15) is 10.3 Å². The summed E-state index contributed by atoms with van der Waals surface area (Å²) in [5.41, 5.74) is 1.74. The van der Waals surface area contributed by atoms with E-state index in [0.717, 1.165) is 10.0 Å². The summed E-state index contributed by atoms with van der Waals surface area (Å²) in [6.45, 7) is 1.82. The summed E-state index contributed by atoms with van der Waals surface area (Å²) >= 11 is 12.9. The number of anilines is 1. The van der Waals surface area contributed by atoms with Crippen molar-refractivity contribution in [2.24, 2.45) is 0 Å². The summed E-state index contributed by atoms with van der Waals surface area (Å²) in [5.74, 6) is -0.363. The van der Waals surface area contributed by atoms with Crippen LogP contribution in [0.3, 0.4) is 0 Å².